The van der Waals surface area contributed by atoms with E-state index in [0.29, 0.717) is 22.2 Å². The van der Waals surface area contributed by atoms with Crippen LogP contribution in [0.2, 0.25) is 0 Å². The fourth-order valence-electron chi connectivity index (χ4n) is 2.33. The molecule has 0 atom stereocenters. The zero-order valence-corrected chi connectivity index (χ0v) is 12.6. The zero-order chi connectivity index (χ0) is 15.1. The standard InChI is InChI=1S/C16H12N2O3S/c1-9-3-2-4-10(5-9)15(19)18-16-17-11-6-12-13(21-8-20-12)7-14(11)22-16/h2-7H,8H2,1H3,(H,17,18,19). The Balaban J connectivity index is 1.63. The van der Waals surface area contributed by atoms with Crippen LogP contribution in [0.5, 0.6) is 11.5 Å². The van der Waals surface area contributed by atoms with Crippen molar-refractivity contribution in [1.29, 1.82) is 0 Å². The van der Waals surface area contributed by atoms with Gasteiger partial charge in [0.1, 0.15) is 0 Å². The largest absolute Gasteiger partial charge is 0.454 e. The number of anilines is 1. The van der Waals surface area contributed by atoms with Gasteiger partial charge >= 0.3 is 0 Å². The van der Waals surface area contributed by atoms with Crippen LogP contribution in [0.3, 0.4) is 0 Å². The summed E-state index contributed by atoms with van der Waals surface area (Å²) in [5, 5.41) is 3.40. The number of aromatic nitrogens is 1. The summed E-state index contributed by atoms with van der Waals surface area (Å²) in [5.41, 5.74) is 2.45. The summed E-state index contributed by atoms with van der Waals surface area (Å²) in [6, 6.07) is 11.2. The van der Waals surface area contributed by atoms with E-state index in [1.807, 2.05) is 37.3 Å². The maximum absolute atomic E-state index is 12.3. The van der Waals surface area contributed by atoms with Crippen LogP contribution in [0.15, 0.2) is 36.4 Å². The number of fused-ring (bicyclic) bond motifs is 2. The van der Waals surface area contributed by atoms with Gasteiger partial charge in [0.2, 0.25) is 6.79 Å². The Hall–Kier alpha value is -2.60. The number of thiazole rings is 1. The first-order valence-electron chi connectivity index (χ1n) is 6.77. The van der Waals surface area contributed by atoms with E-state index in [1.165, 1.54) is 11.3 Å². The molecule has 1 N–H and O–H groups in total. The number of nitrogens with zero attached hydrogens (tertiary/aromatic N) is 1. The third kappa shape index (κ3) is 2.27. The average Bonchev–Trinajstić information content (AvgIpc) is 3.09. The van der Waals surface area contributed by atoms with Crippen molar-refractivity contribution in [2.45, 2.75) is 6.92 Å². The molecule has 0 spiro atoms. The van der Waals surface area contributed by atoms with Crippen LogP contribution in [0, 0.1) is 6.92 Å². The molecule has 0 radical (unpaired) electrons. The fraction of sp³-hybridized carbons (Fsp3) is 0.125. The van der Waals surface area contributed by atoms with Gasteiger partial charge in [-0.25, -0.2) is 4.98 Å². The first kappa shape index (κ1) is 13.1. The molecular formula is C16H12N2O3S. The molecule has 0 unspecified atom stereocenters. The zero-order valence-electron chi connectivity index (χ0n) is 11.8. The summed E-state index contributed by atoms with van der Waals surface area (Å²) in [6.45, 7) is 2.19. The summed E-state index contributed by atoms with van der Waals surface area (Å²) >= 11 is 1.41. The lowest BCUT2D eigenvalue weighted by Gasteiger charge is -2.02. The molecule has 22 heavy (non-hydrogen) atoms. The van der Waals surface area contributed by atoms with E-state index in [4.69, 9.17) is 9.47 Å². The van der Waals surface area contributed by atoms with Crippen molar-refractivity contribution in [2.75, 3.05) is 12.1 Å². The second-order valence-electron chi connectivity index (χ2n) is 5.02. The topological polar surface area (TPSA) is 60.5 Å². The molecule has 0 saturated heterocycles. The molecule has 1 aromatic heterocycles. The van der Waals surface area contributed by atoms with Crippen molar-refractivity contribution in [3.8, 4) is 11.5 Å². The fourth-order valence-corrected chi connectivity index (χ4v) is 3.20. The second-order valence-corrected chi connectivity index (χ2v) is 6.05. The number of hydrogen-bond acceptors (Lipinski definition) is 5. The summed E-state index contributed by atoms with van der Waals surface area (Å²) in [6.07, 6.45) is 0. The highest BCUT2D eigenvalue weighted by molar-refractivity contribution is 7.22. The number of benzene rings is 2. The number of carbonyl (C=O) groups is 1. The Labute approximate surface area is 130 Å². The maximum Gasteiger partial charge on any atom is 0.257 e. The van der Waals surface area contributed by atoms with Crippen molar-refractivity contribution < 1.29 is 14.3 Å². The van der Waals surface area contributed by atoms with Gasteiger partial charge in [0.25, 0.3) is 5.91 Å². The van der Waals surface area contributed by atoms with Gasteiger partial charge < -0.3 is 9.47 Å². The highest BCUT2D eigenvalue weighted by atomic mass is 32.1. The first-order chi connectivity index (χ1) is 10.7. The minimum atomic E-state index is -0.164. The molecule has 0 saturated carbocycles. The molecule has 1 amide bonds. The summed E-state index contributed by atoms with van der Waals surface area (Å²) in [7, 11) is 0. The van der Waals surface area contributed by atoms with Crippen LogP contribution in [0.4, 0.5) is 5.13 Å². The molecule has 0 fully saturated rings. The molecule has 4 rings (SSSR count). The Morgan fingerprint density at radius 1 is 1.23 bits per heavy atom. The van der Waals surface area contributed by atoms with E-state index in [1.54, 1.807) is 6.07 Å². The number of amides is 1. The number of aryl methyl sites for hydroxylation is 1. The van der Waals surface area contributed by atoms with Crippen LogP contribution in [0.25, 0.3) is 10.2 Å². The van der Waals surface area contributed by atoms with Crippen molar-refractivity contribution in [1.82, 2.24) is 4.98 Å². The molecule has 5 nitrogen and oxygen atoms in total. The molecule has 2 heterocycles. The average molecular weight is 312 g/mol. The van der Waals surface area contributed by atoms with Crippen LogP contribution in [-0.4, -0.2) is 17.7 Å². The van der Waals surface area contributed by atoms with Crippen LogP contribution in [-0.2, 0) is 0 Å². The normalized spacial score (nSPS) is 12.6. The minimum Gasteiger partial charge on any atom is -0.454 e. The summed E-state index contributed by atoms with van der Waals surface area (Å²) < 4.78 is 11.6. The van der Waals surface area contributed by atoms with Crippen molar-refractivity contribution in [3.63, 3.8) is 0 Å². The molecule has 3 aromatic rings. The van der Waals surface area contributed by atoms with Crippen LogP contribution >= 0.6 is 11.3 Å². The number of ether oxygens (including phenoxy) is 2. The molecule has 110 valence electrons. The predicted molar refractivity (Wildman–Crippen MR) is 84.9 cm³/mol. The van der Waals surface area contributed by atoms with E-state index in [9.17, 15) is 4.79 Å². The number of nitrogens with one attached hydrogen (secondary N) is 1. The van der Waals surface area contributed by atoms with Gasteiger partial charge in [0.05, 0.1) is 10.2 Å². The number of rotatable bonds is 2. The van der Waals surface area contributed by atoms with Gasteiger partial charge in [0, 0.05) is 17.7 Å². The van der Waals surface area contributed by atoms with E-state index >= 15 is 0 Å². The highest BCUT2D eigenvalue weighted by Crippen LogP contribution is 2.38. The van der Waals surface area contributed by atoms with Gasteiger partial charge in [-0.05, 0) is 19.1 Å². The lowest BCUT2D eigenvalue weighted by Crippen LogP contribution is -2.11. The monoisotopic (exact) mass is 312 g/mol. The van der Waals surface area contributed by atoms with Gasteiger partial charge in [-0.3, -0.25) is 10.1 Å². The smallest absolute Gasteiger partial charge is 0.257 e. The van der Waals surface area contributed by atoms with Crippen molar-refractivity contribution >= 4 is 32.6 Å². The van der Waals surface area contributed by atoms with Gasteiger partial charge in [-0.15, -0.1) is 0 Å². The van der Waals surface area contributed by atoms with E-state index in [-0.39, 0.29) is 12.7 Å². The molecule has 0 aliphatic carbocycles. The molecule has 2 aromatic carbocycles. The molecule has 6 heteroatoms. The van der Waals surface area contributed by atoms with Crippen LogP contribution < -0.4 is 14.8 Å². The Kier molecular flexibility index (Phi) is 2.97. The van der Waals surface area contributed by atoms with Crippen molar-refractivity contribution in [3.05, 3.63) is 47.5 Å². The van der Waals surface area contributed by atoms with Gasteiger partial charge in [-0.1, -0.05) is 29.0 Å². The lowest BCUT2D eigenvalue weighted by atomic mass is 10.1. The second kappa shape index (κ2) is 4.99. The summed E-state index contributed by atoms with van der Waals surface area (Å²) in [5.74, 6) is 1.24. The quantitative estimate of drug-likeness (QED) is 0.785. The predicted octanol–water partition coefficient (Wildman–Crippen LogP) is 3.59. The summed E-state index contributed by atoms with van der Waals surface area (Å²) in [4.78, 5) is 16.7. The highest BCUT2D eigenvalue weighted by Gasteiger charge is 2.17. The third-order valence-electron chi connectivity index (χ3n) is 3.38. The molecular weight excluding hydrogens is 300 g/mol. The molecule has 1 aliphatic heterocycles. The Morgan fingerprint density at radius 3 is 2.86 bits per heavy atom. The maximum atomic E-state index is 12.3. The van der Waals surface area contributed by atoms with Crippen LogP contribution in [0.1, 0.15) is 15.9 Å². The van der Waals surface area contributed by atoms with E-state index < -0.39 is 0 Å². The first-order valence-corrected chi connectivity index (χ1v) is 7.59. The third-order valence-corrected chi connectivity index (χ3v) is 4.32. The Morgan fingerprint density at radius 2 is 2.05 bits per heavy atom. The number of carbonyl (C=O) groups excluding carboxylic acids is 1. The lowest BCUT2D eigenvalue weighted by molar-refractivity contribution is 0.102. The van der Waals surface area contributed by atoms with Gasteiger partial charge in [-0.2, -0.15) is 0 Å². The Bertz CT molecular complexity index is 847. The molecule has 0 bridgehead atoms. The number of hydrogen-bond donors (Lipinski definition) is 1. The van der Waals surface area contributed by atoms with E-state index in [2.05, 4.69) is 10.3 Å². The molecule has 1 aliphatic rings. The van der Waals surface area contributed by atoms with E-state index in [0.717, 1.165) is 15.8 Å². The minimum absolute atomic E-state index is 0.164. The van der Waals surface area contributed by atoms with Crippen molar-refractivity contribution in [2.24, 2.45) is 0 Å². The SMILES string of the molecule is Cc1cccc(C(=O)Nc2nc3cc4c(cc3s2)OCO4)c1. The van der Waals surface area contributed by atoms with Gasteiger partial charge in [0.15, 0.2) is 16.6 Å².